The third-order valence-corrected chi connectivity index (χ3v) is 2.07. The first-order valence-electron chi connectivity index (χ1n) is 4.06. The van der Waals surface area contributed by atoms with Gasteiger partial charge in [0.25, 0.3) is 0 Å². The first kappa shape index (κ1) is 8.32. The fraction of sp³-hybridized carbons (Fsp3) is 0. The number of hydrogen-bond donors (Lipinski definition) is 2. The first-order chi connectivity index (χ1) is 6.72. The lowest BCUT2D eigenvalue weighted by Gasteiger charge is -2.04. The average Bonchev–Trinajstić information content (AvgIpc) is 2.23. The minimum absolute atomic E-state index is 0.438. The number of nitrogen functional groups attached to an aromatic ring is 2. The van der Waals surface area contributed by atoms with Gasteiger partial charge in [-0.2, -0.15) is 5.26 Å². The number of aromatic nitrogens is 1. The monoisotopic (exact) mass is 184 g/mol. The molecule has 0 saturated carbocycles. The SMILES string of the molecule is N#Cc1ccc2ncc(N)c(N)c2c1. The number of hydrogen-bond acceptors (Lipinski definition) is 4. The van der Waals surface area contributed by atoms with Crippen LogP contribution in [0.5, 0.6) is 0 Å². The van der Waals surface area contributed by atoms with Crippen molar-refractivity contribution >= 4 is 22.3 Å². The molecule has 0 spiro atoms. The van der Waals surface area contributed by atoms with Crippen LogP contribution >= 0.6 is 0 Å². The summed E-state index contributed by atoms with van der Waals surface area (Å²) in [5.41, 5.74) is 13.6. The molecular formula is C10H8N4. The molecule has 0 unspecified atom stereocenters. The number of pyridine rings is 1. The molecule has 4 heteroatoms. The van der Waals surface area contributed by atoms with E-state index in [1.54, 1.807) is 18.2 Å². The van der Waals surface area contributed by atoms with Gasteiger partial charge in [-0.25, -0.2) is 0 Å². The first-order valence-corrected chi connectivity index (χ1v) is 4.06. The fourth-order valence-corrected chi connectivity index (χ4v) is 1.30. The molecule has 14 heavy (non-hydrogen) atoms. The molecule has 2 aromatic rings. The van der Waals surface area contributed by atoms with Crippen molar-refractivity contribution < 1.29 is 0 Å². The molecule has 0 radical (unpaired) electrons. The minimum Gasteiger partial charge on any atom is -0.396 e. The van der Waals surface area contributed by atoms with Crippen molar-refractivity contribution in [1.82, 2.24) is 4.98 Å². The number of fused-ring (bicyclic) bond motifs is 1. The highest BCUT2D eigenvalue weighted by molar-refractivity contribution is 5.96. The second-order valence-electron chi connectivity index (χ2n) is 2.97. The predicted molar refractivity (Wildman–Crippen MR) is 55.3 cm³/mol. The van der Waals surface area contributed by atoms with Gasteiger partial charge in [-0.15, -0.1) is 0 Å². The zero-order chi connectivity index (χ0) is 10.1. The van der Waals surface area contributed by atoms with Crippen LogP contribution in [0.25, 0.3) is 10.9 Å². The van der Waals surface area contributed by atoms with Crippen LogP contribution in [0, 0.1) is 11.3 Å². The number of benzene rings is 1. The molecule has 0 aliphatic heterocycles. The van der Waals surface area contributed by atoms with Crippen LogP contribution in [-0.2, 0) is 0 Å². The average molecular weight is 184 g/mol. The van der Waals surface area contributed by atoms with E-state index in [0.717, 1.165) is 10.9 Å². The summed E-state index contributed by atoms with van der Waals surface area (Å²) in [5.74, 6) is 0. The van der Waals surface area contributed by atoms with Crippen molar-refractivity contribution in [2.45, 2.75) is 0 Å². The zero-order valence-corrected chi connectivity index (χ0v) is 7.36. The molecule has 0 amide bonds. The standard InChI is InChI=1S/C10H8N4/c11-4-6-1-2-9-7(3-6)10(13)8(12)5-14-9/h1-3,5H,12H2,(H2,13,14). The molecule has 0 aliphatic carbocycles. The highest BCUT2D eigenvalue weighted by Crippen LogP contribution is 2.25. The van der Waals surface area contributed by atoms with Crippen molar-refractivity contribution in [3.8, 4) is 6.07 Å². The van der Waals surface area contributed by atoms with E-state index in [-0.39, 0.29) is 0 Å². The van der Waals surface area contributed by atoms with E-state index in [9.17, 15) is 0 Å². The molecule has 1 heterocycles. The quantitative estimate of drug-likeness (QED) is 0.645. The maximum absolute atomic E-state index is 8.71. The maximum Gasteiger partial charge on any atom is 0.0991 e. The van der Waals surface area contributed by atoms with Crippen molar-refractivity contribution in [2.24, 2.45) is 0 Å². The van der Waals surface area contributed by atoms with Crippen LogP contribution in [0.3, 0.4) is 0 Å². The van der Waals surface area contributed by atoms with E-state index < -0.39 is 0 Å². The summed E-state index contributed by atoms with van der Waals surface area (Å²) in [5, 5.41) is 9.44. The Hall–Kier alpha value is -2.28. The van der Waals surface area contributed by atoms with E-state index in [2.05, 4.69) is 4.98 Å². The van der Waals surface area contributed by atoms with Gasteiger partial charge in [0.1, 0.15) is 0 Å². The molecule has 0 fully saturated rings. The van der Waals surface area contributed by atoms with Gasteiger partial charge >= 0.3 is 0 Å². The van der Waals surface area contributed by atoms with Crippen LogP contribution < -0.4 is 11.5 Å². The largest absolute Gasteiger partial charge is 0.396 e. The Morgan fingerprint density at radius 3 is 2.79 bits per heavy atom. The van der Waals surface area contributed by atoms with Gasteiger partial charge in [-0.05, 0) is 18.2 Å². The summed E-state index contributed by atoms with van der Waals surface area (Å²) in [4.78, 5) is 4.10. The van der Waals surface area contributed by atoms with Gasteiger partial charge in [-0.1, -0.05) is 0 Å². The summed E-state index contributed by atoms with van der Waals surface area (Å²) in [6.45, 7) is 0. The van der Waals surface area contributed by atoms with Crippen molar-refractivity contribution in [2.75, 3.05) is 11.5 Å². The fourth-order valence-electron chi connectivity index (χ4n) is 1.30. The lowest BCUT2D eigenvalue weighted by Crippen LogP contribution is -1.97. The van der Waals surface area contributed by atoms with E-state index in [1.165, 1.54) is 6.20 Å². The topological polar surface area (TPSA) is 88.7 Å². The Morgan fingerprint density at radius 1 is 1.29 bits per heavy atom. The summed E-state index contributed by atoms with van der Waals surface area (Å²) in [7, 11) is 0. The summed E-state index contributed by atoms with van der Waals surface area (Å²) in [6, 6.07) is 7.18. The predicted octanol–water partition coefficient (Wildman–Crippen LogP) is 1.27. The molecule has 0 aliphatic rings. The molecule has 0 atom stereocenters. The third-order valence-electron chi connectivity index (χ3n) is 2.07. The highest BCUT2D eigenvalue weighted by Gasteiger charge is 2.03. The van der Waals surface area contributed by atoms with Crippen LogP contribution in [0.15, 0.2) is 24.4 Å². The van der Waals surface area contributed by atoms with Gasteiger partial charge in [0.15, 0.2) is 0 Å². The van der Waals surface area contributed by atoms with Gasteiger partial charge in [0.2, 0.25) is 0 Å². The Balaban J connectivity index is 2.86. The number of rotatable bonds is 0. The Morgan fingerprint density at radius 2 is 2.07 bits per heavy atom. The van der Waals surface area contributed by atoms with Gasteiger partial charge in [0, 0.05) is 5.39 Å². The summed E-state index contributed by atoms with van der Waals surface area (Å²) in [6.07, 6.45) is 1.52. The van der Waals surface area contributed by atoms with Crippen LogP contribution in [0.2, 0.25) is 0 Å². The van der Waals surface area contributed by atoms with Crippen LogP contribution in [0.4, 0.5) is 11.4 Å². The van der Waals surface area contributed by atoms with Crippen molar-refractivity contribution in [3.05, 3.63) is 30.0 Å². The van der Waals surface area contributed by atoms with Gasteiger partial charge in [-0.3, -0.25) is 4.98 Å². The lowest BCUT2D eigenvalue weighted by molar-refractivity contribution is 1.41. The molecular weight excluding hydrogens is 176 g/mol. The number of nitrogens with zero attached hydrogens (tertiary/aromatic N) is 2. The molecule has 0 bridgehead atoms. The zero-order valence-electron chi connectivity index (χ0n) is 7.36. The molecule has 4 nitrogen and oxygen atoms in total. The number of anilines is 2. The normalized spacial score (nSPS) is 9.93. The van der Waals surface area contributed by atoms with Crippen molar-refractivity contribution in [1.29, 1.82) is 5.26 Å². The number of nitrogens with two attached hydrogens (primary N) is 2. The van der Waals surface area contributed by atoms with Crippen LogP contribution in [0.1, 0.15) is 5.56 Å². The number of nitriles is 1. The van der Waals surface area contributed by atoms with E-state index in [0.29, 0.717) is 16.9 Å². The molecule has 4 N–H and O–H groups in total. The maximum atomic E-state index is 8.71. The summed E-state index contributed by atoms with van der Waals surface area (Å²) < 4.78 is 0. The Kier molecular flexibility index (Phi) is 1.72. The van der Waals surface area contributed by atoms with Crippen LogP contribution in [-0.4, -0.2) is 4.98 Å². The smallest absolute Gasteiger partial charge is 0.0991 e. The molecule has 1 aromatic heterocycles. The highest BCUT2D eigenvalue weighted by atomic mass is 14.8. The third kappa shape index (κ3) is 1.12. The Labute approximate surface area is 80.8 Å². The van der Waals surface area contributed by atoms with Crippen molar-refractivity contribution in [3.63, 3.8) is 0 Å². The second kappa shape index (κ2) is 2.89. The minimum atomic E-state index is 0.438. The molecule has 1 aromatic carbocycles. The summed E-state index contributed by atoms with van der Waals surface area (Å²) >= 11 is 0. The van der Waals surface area contributed by atoms with Gasteiger partial charge < -0.3 is 11.5 Å². The van der Waals surface area contributed by atoms with E-state index in [4.69, 9.17) is 16.7 Å². The van der Waals surface area contributed by atoms with Gasteiger partial charge in [0.05, 0.1) is 34.7 Å². The second-order valence-corrected chi connectivity index (χ2v) is 2.97. The molecule has 0 saturated heterocycles. The van der Waals surface area contributed by atoms with E-state index in [1.807, 2.05) is 6.07 Å². The lowest BCUT2D eigenvalue weighted by atomic mass is 10.1. The van der Waals surface area contributed by atoms with E-state index >= 15 is 0 Å². The molecule has 68 valence electrons. The Bertz CT molecular complexity index is 540. The molecule has 2 rings (SSSR count).